The molecule has 0 radical (unpaired) electrons. The summed E-state index contributed by atoms with van der Waals surface area (Å²) in [4.78, 5) is 41.4. The summed E-state index contributed by atoms with van der Waals surface area (Å²) in [5.74, 6) is -2.53. The Morgan fingerprint density at radius 2 is 1.97 bits per heavy atom. The lowest BCUT2D eigenvalue weighted by atomic mass is 9.70. The van der Waals surface area contributed by atoms with Crippen molar-refractivity contribution in [3.63, 3.8) is 0 Å². The Morgan fingerprint density at radius 1 is 1.32 bits per heavy atom. The molecule has 6 atom stereocenters. The maximum Gasteiger partial charge on any atom is 0.312 e. The van der Waals surface area contributed by atoms with Crippen LogP contribution in [-0.2, 0) is 23.9 Å². The highest BCUT2D eigenvalue weighted by Crippen LogP contribution is 2.59. The van der Waals surface area contributed by atoms with Crippen LogP contribution in [0.2, 0.25) is 0 Å². The normalized spacial score (nSPS) is 33.4. The molecule has 3 fully saturated rings. The fourth-order valence-corrected chi connectivity index (χ4v) is 6.23. The van der Waals surface area contributed by atoms with Gasteiger partial charge in [-0.3, -0.25) is 14.4 Å². The minimum Gasteiger partial charge on any atom is -0.466 e. The highest BCUT2D eigenvalue weighted by Gasteiger charge is 2.75. The van der Waals surface area contributed by atoms with E-state index in [1.165, 1.54) is 4.90 Å². The molecule has 0 unspecified atom stereocenters. The molecule has 1 spiro atoms. The molecule has 3 aliphatic heterocycles. The van der Waals surface area contributed by atoms with Crippen LogP contribution in [0.5, 0.6) is 0 Å². The SMILES string of the molecule is CCOC(=O)[C@@H]1[C@@H]2CC[C@]3(O2)[C@H](C(=O)NC(C)(C)CC(C)(C)C)N([C@H](C)CO)C(=O)[C@@H]13. The molecule has 2 bridgehead atoms. The lowest BCUT2D eigenvalue weighted by Gasteiger charge is -2.39. The summed E-state index contributed by atoms with van der Waals surface area (Å²) >= 11 is 0. The van der Waals surface area contributed by atoms with Crippen molar-refractivity contribution >= 4 is 17.8 Å². The number of hydrogen-bond donors (Lipinski definition) is 2. The number of fused-ring (bicyclic) bond motifs is 1. The van der Waals surface area contributed by atoms with Gasteiger partial charge in [-0.05, 0) is 52.4 Å². The number of carbonyl (C=O) groups is 3. The summed E-state index contributed by atoms with van der Waals surface area (Å²) in [5, 5.41) is 13.0. The van der Waals surface area contributed by atoms with Gasteiger partial charge in [0.25, 0.3) is 0 Å². The number of hydrogen-bond acceptors (Lipinski definition) is 6. The Bertz CT molecular complexity index is 745. The van der Waals surface area contributed by atoms with Crippen LogP contribution >= 0.6 is 0 Å². The van der Waals surface area contributed by atoms with Crippen LogP contribution < -0.4 is 5.32 Å². The number of nitrogens with one attached hydrogen (secondary N) is 1. The summed E-state index contributed by atoms with van der Waals surface area (Å²) in [6.07, 6.45) is 1.45. The van der Waals surface area contributed by atoms with Gasteiger partial charge in [-0.1, -0.05) is 20.8 Å². The second kappa shape index (κ2) is 8.03. The van der Waals surface area contributed by atoms with Crippen LogP contribution in [0.25, 0.3) is 0 Å². The molecule has 176 valence electrons. The van der Waals surface area contributed by atoms with Crippen LogP contribution in [0, 0.1) is 17.3 Å². The molecule has 3 aliphatic rings. The zero-order chi connectivity index (χ0) is 23.4. The molecule has 0 aromatic carbocycles. The molecule has 0 aromatic rings. The number of amides is 2. The monoisotopic (exact) mass is 438 g/mol. The lowest BCUT2D eigenvalue weighted by molar-refractivity contribution is -0.155. The maximum atomic E-state index is 13.7. The molecule has 0 aromatic heterocycles. The van der Waals surface area contributed by atoms with Crippen molar-refractivity contribution in [2.24, 2.45) is 17.3 Å². The van der Waals surface area contributed by atoms with Crippen LogP contribution in [0.3, 0.4) is 0 Å². The van der Waals surface area contributed by atoms with Crippen molar-refractivity contribution in [2.45, 2.75) is 97.1 Å². The third-order valence-electron chi connectivity index (χ3n) is 6.72. The van der Waals surface area contributed by atoms with E-state index in [9.17, 15) is 19.5 Å². The quantitative estimate of drug-likeness (QED) is 0.586. The molecular formula is C23H38N2O6. The minimum atomic E-state index is -1.06. The predicted molar refractivity (Wildman–Crippen MR) is 114 cm³/mol. The molecule has 3 saturated heterocycles. The van der Waals surface area contributed by atoms with Gasteiger partial charge in [0.15, 0.2) is 0 Å². The average molecular weight is 439 g/mol. The van der Waals surface area contributed by atoms with Crippen molar-refractivity contribution in [1.29, 1.82) is 0 Å². The van der Waals surface area contributed by atoms with E-state index in [2.05, 4.69) is 26.1 Å². The van der Waals surface area contributed by atoms with Gasteiger partial charge in [0.1, 0.15) is 11.6 Å². The lowest BCUT2D eigenvalue weighted by Crippen LogP contribution is -2.60. The van der Waals surface area contributed by atoms with E-state index < -0.39 is 47.1 Å². The summed E-state index contributed by atoms with van der Waals surface area (Å²) in [7, 11) is 0. The molecule has 3 rings (SSSR count). The van der Waals surface area contributed by atoms with Crippen molar-refractivity contribution in [3.8, 4) is 0 Å². The van der Waals surface area contributed by atoms with E-state index >= 15 is 0 Å². The second-order valence-electron chi connectivity index (χ2n) is 11.2. The van der Waals surface area contributed by atoms with Crippen molar-refractivity contribution < 1.29 is 29.0 Å². The fraction of sp³-hybridized carbons (Fsp3) is 0.870. The molecule has 2 N–H and O–H groups in total. The Labute approximate surface area is 185 Å². The van der Waals surface area contributed by atoms with Gasteiger partial charge in [-0.2, -0.15) is 0 Å². The highest BCUT2D eigenvalue weighted by atomic mass is 16.6. The number of nitrogens with zero attached hydrogens (tertiary/aromatic N) is 1. The first kappa shape index (κ1) is 24.0. The van der Waals surface area contributed by atoms with E-state index in [4.69, 9.17) is 9.47 Å². The number of aliphatic hydroxyl groups is 1. The van der Waals surface area contributed by atoms with Gasteiger partial charge in [-0.25, -0.2) is 0 Å². The predicted octanol–water partition coefficient (Wildman–Crippen LogP) is 1.64. The minimum absolute atomic E-state index is 0.00150. The number of esters is 1. The first-order chi connectivity index (χ1) is 14.3. The second-order valence-corrected chi connectivity index (χ2v) is 11.2. The Hall–Kier alpha value is -1.67. The third-order valence-corrected chi connectivity index (χ3v) is 6.72. The fourth-order valence-electron chi connectivity index (χ4n) is 6.23. The van der Waals surface area contributed by atoms with E-state index in [1.54, 1.807) is 13.8 Å². The molecule has 3 heterocycles. The van der Waals surface area contributed by atoms with E-state index in [0.29, 0.717) is 12.8 Å². The standard InChI is InChI=1S/C23H38N2O6/c1-8-30-20(29)15-14-9-10-23(31-14)16(15)19(28)25(13(2)11-26)17(23)18(27)24-22(6,7)12-21(3,4)5/h13-17,26H,8-12H2,1-7H3,(H,24,27)/t13-,14+,15-,16-,17+,23-/m1/s1. The smallest absolute Gasteiger partial charge is 0.312 e. The molecular weight excluding hydrogens is 400 g/mol. The van der Waals surface area contributed by atoms with Gasteiger partial charge in [0.2, 0.25) is 11.8 Å². The number of ether oxygens (including phenoxy) is 2. The topological polar surface area (TPSA) is 105 Å². The molecule has 0 saturated carbocycles. The molecule has 31 heavy (non-hydrogen) atoms. The third kappa shape index (κ3) is 4.09. The van der Waals surface area contributed by atoms with Crippen LogP contribution in [0.1, 0.15) is 67.7 Å². The van der Waals surface area contributed by atoms with Crippen molar-refractivity contribution in [2.75, 3.05) is 13.2 Å². The average Bonchev–Trinajstić information content (AvgIpc) is 3.25. The summed E-state index contributed by atoms with van der Waals surface area (Å²) in [6.45, 7) is 13.6. The summed E-state index contributed by atoms with van der Waals surface area (Å²) < 4.78 is 11.5. The number of aliphatic hydroxyl groups excluding tert-OH is 1. The first-order valence-corrected chi connectivity index (χ1v) is 11.4. The molecule has 8 nitrogen and oxygen atoms in total. The number of carbonyl (C=O) groups excluding carboxylic acids is 3. The summed E-state index contributed by atoms with van der Waals surface area (Å²) in [5.41, 5.74) is -1.57. The first-order valence-electron chi connectivity index (χ1n) is 11.4. The van der Waals surface area contributed by atoms with Crippen molar-refractivity contribution in [3.05, 3.63) is 0 Å². The highest BCUT2D eigenvalue weighted by molar-refractivity contribution is 5.98. The van der Waals surface area contributed by atoms with Crippen LogP contribution in [0.4, 0.5) is 0 Å². The van der Waals surface area contributed by atoms with Crippen molar-refractivity contribution in [1.82, 2.24) is 10.2 Å². The van der Waals surface area contributed by atoms with Gasteiger partial charge >= 0.3 is 5.97 Å². The summed E-state index contributed by atoms with van der Waals surface area (Å²) in [6, 6.07) is -1.46. The molecule has 8 heteroatoms. The van der Waals surface area contributed by atoms with Crippen LogP contribution in [-0.4, -0.2) is 70.3 Å². The van der Waals surface area contributed by atoms with Gasteiger partial charge in [0.05, 0.1) is 37.2 Å². The van der Waals surface area contributed by atoms with Gasteiger partial charge < -0.3 is 24.8 Å². The Kier molecular flexibility index (Phi) is 6.21. The van der Waals surface area contributed by atoms with Gasteiger partial charge in [-0.15, -0.1) is 0 Å². The largest absolute Gasteiger partial charge is 0.466 e. The zero-order valence-corrected chi connectivity index (χ0v) is 19.9. The maximum absolute atomic E-state index is 13.7. The van der Waals surface area contributed by atoms with Gasteiger partial charge in [0, 0.05) is 5.54 Å². The zero-order valence-electron chi connectivity index (χ0n) is 19.9. The molecule has 2 amide bonds. The molecule has 0 aliphatic carbocycles. The number of likely N-dealkylation sites (tertiary alicyclic amines) is 1. The Morgan fingerprint density at radius 3 is 2.52 bits per heavy atom. The Balaban J connectivity index is 1.97. The van der Waals surface area contributed by atoms with E-state index in [-0.39, 0.29) is 30.4 Å². The van der Waals surface area contributed by atoms with Crippen LogP contribution in [0.15, 0.2) is 0 Å². The number of rotatable bonds is 7. The van der Waals surface area contributed by atoms with E-state index in [0.717, 1.165) is 6.42 Å². The van der Waals surface area contributed by atoms with E-state index in [1.807, 2.05) is 13.8 Å².